The number of non-ortho nitro benzene ring substituents is 1. The maximum Gasteiger partial charge on any atom is 0.269 e. The zero-order valence-corrected chi connectivity index (χ0v) is 14.0. The van der Waals surface area contributed by atoms with Crippen molar-refractivity contribution in [1.29, 1.82) is 0 Å². The third-order valence-corrected chi connectivity index (χ3v) is 3.80. The van der Waals surface area contributed by atoms with Crippen LogP contribution in [0.15, 0.2) is 78.9 Å². The van der Waals surface area contributed by atoms with Crippen LogP contribution in [-0.4, -0.2) is 10.0 Å². The first-order valence-corrected chi connectivity index (χ1v) is 8.01. The lowest BCUT2D eigenvalue weighted by atomic mass is 10.0. The molecule has 5 nitrogen and oxygen atoms in total. The van der Waals surface area contributed by atoms with Gasteiger partial charge in [-0.1, -0.05) is 48.5 Å². The number of hydrogen-bond donors (Lipinski definition) is 2. The van der Waals surface area contributed by atoms with Crippen molar-refractivity contribution in [2.75, 3.05) is 10.6 Å². The van der Waals surface area contributed by atoms with Gasteiger partial charge >= 0.3 is 0 Å². The maximum absolute atomic E-state index is 10.7. The lowest BCUT2D eigenvalue weighted by Gasteiger charge is -2.14. The van der Waals surface area contributed by atoms with E-state index in [1.807, 2.05) is 54.6 Å². The monoisotopic (exact) mass is 349 g/mol. The predicted octanol–water partition coefficient (Wildman–Crippen LogP) is 5.07. The predicted molar refractivity (Wildman–Crippen MR) is 105 cm³/mol. The summed E-state index contributed by atoms with van der Waals surface area (Å²) in [6.45, 7) is 0. The Bertz CT molecular complexity index is 896. The number of nitro groups is 1. The molecule has 0 saturated heterocycles. The quantitative estimate of drug-likeness (QED) is 0.391. The van der Waals surface area contributed by atoms with Crippen molar-refractivity contribution < 1.29 is 4.92 Å². The zero-order chi connectivity index (χ0) is 17.6. The summed E-state index contributed by atoms with van der Waals surface area (Å²) in [5, 5.41) is 17.3. The second-order valence-electron chi connectivity index (χ2n) is 5.29. The lowest BCUT2D eigenvalue weighted by molar-refractivity contribution is -0.384. The second kappa shape index (κ2) is 7.55. The Kier molecular flexibility index (Phi) is 5.01. The normalized spacial score (nSPS) is 10.1. The van der Waals surface area contributed by atoms with Gasteiger partial charge in [0.25, 0.3) is 5.69 Å². The Labute approximate surface area is 150 Å². The fourth-order valence-corrected chi connectivity index (χ4v) is 2.64. The minimum Gasteiger partial charge on any atom is -0.332 e. The smallest absolute Gasteiger partial charge is 0.269 e. The third-order valence-electron chi connectivity index (χ3n) is 3.60. The Morgan fingerprint density at radius 2 is 1.48 bits per heavy atom. The van der Waals surface area contributed by atoms with Gasteiger partial charge in [0.2, 0.25) is 0 Å². The van der Waals surface area contributed by atoms with Crippen LogP contribution >= 0.6 is 12.2 Å². The molecule has 0 heterocycles. The van der Waals surface area contributed by atoms with Crippen LogP contribution in [0.3, 0.4) is 0 Å². The van der Waals surface area contributed by atoms with Gasteiger partial charge in [-0.05, 0) is 36.0 Å². The molecule has 0 radical (unpaired) electrons. The molecule has 3 rings (SSSR count). The van der Waals surface area contributed by atoms with Crippen molar-refractivity contribution >= 4 is 34.4 Å². The molecule has 124 valence electrons. The van der Waals surface area contributed by atoms with Crippen LogP contribution in [0.2, 0.25) is 0 Å². The van der Waals surface area contributed by atoms with E-state index in [4.69, 9.17) is 12.2 Å². The van der Waals surface area contributed by atoms with E-state index in [1.165, 1.54) is 12.1 Å². The molecule has 0 atom stereocenters. The van der Waals surface area contributed by atoms with E-state index >= 15 is 0 Å². The van der Waals surface area contributed by atoms with Crippen molar-refractivity contribution in [3.63, 3.8) is 0 Å². The molecule has 3 aromatic carbocycles. The fraction of sp³-hybridized carbons (Fsp3) is 0. The molecule has 0 aliphatic rings. The first-order chi connectivity index (χ1) is 12.1. The summed E-state index contributed by atoms with van der Waals surface area (Å²) in [6, 6.07) is 24.0. The van der Waals surface area contributed by atoms with Crippen LogP contribution in [0.4, 0.5) is 17.1 Å². The Hall–Kier alpha value is -3.25. The van der Waals surface area contributed by atoms with Gasteiger partial charge in [-0.25, -0.2) is 0 Å². The fourth-order valence-electron chi connectivity index (χ4n) is 2.41. The van der Waals surface area contributed by atoms with Crippen molar-refractivity contribution in [3.05, 3.63) is 89.0 Å². The van der Waals surface area contributed by atoms with Gasteiger partial charge in [-0.3, -0.25) is 10.1 Å². The Morgan fingerprint density at radius 3 is 2.16 bits per heavy atom. The van der Waals surface area contributed by atoms with Crippen LogP contribution in [0.25, 0.3) is 11.1 Å². The van der Waals surface area contributed by atoms with Crippen LogP contribution in [0, 0.1) is 10.1 Å². The summed E-state index contributed by atoms with van der Waals surface area (Å²) in [5.74, 6) is 0. The summed E-state index contributed by atoms with van der Waals surface area (Å²) < 4.78 is 0. The molecule has 0 amide bonds. The molecular weight excluding hydrogens is 334 g/mol. The van der Waals surface area contributed by atoms with E-state index in [-0.39, 0.29) is 5.69 Å². The SMILES string of the molecule is O=[N+]([O-])c1ccc(NC(=S)Nc2ccccc2-c2ccccc2)cc1. The van der Waals surface area contributed by atoms with Crippen LogP contribution in [0.5, 0.6) is 0 Å². The van der Waals surface area contributed by atoms with Crippen molar-refractivity contribution in [2.45, 2.75) is 0 Å². The number of rotatable bonds is 4. The van der Waals surface area contributed by atoms with Crippen LogP contribution in [-0.2, 0) is 0 Å². The van der Waals surface area contributed by atoms with E-state index in [1.54, 1.807) is 12.1 Å². The van der Waals surface area contributed by atoms with Crippen LogP contribution < -0.4 is 10.6 Å². The van der Waals surface area contributed by atoms with Gasteiger partial charge in [0.1, 0.15) is 0 Å². The van der Waals surface area contributed by atoms with Gasteiger partial charge in [0, 0.05) is 29.1 Å². The number of hydrogen-bond acceptors (Lipinski definition) is 3. The summed E-state index contributed by atoms with van der Waals surface area (Å²) in [4.78, 5) is 10.3. The minimum atomic E-state index is -0.434. The average molecular weight is 349 g/mol. The first-order valence-electron chi connectivity index (χ1n) is 7.60. The summed E-state index contributed by atoms with van der Waals surface area (Å²) >= 11 is 5.36. The van der Waals surface area contributed by atoms with E-state index < -0.39 is 4.92 Å². The van der Waals surface area contributed by atoms with Crippen LogP contribution in [0.1, 0.15) is 0 Å². The summed E-state index contributed by atoms with van der Waals surface area (Å²) in [6.07, 6.45) is 0. The van der Waals surface area contributed by atoms with E-state index in [2.05, 4.69) is 10.6 Å². The Morgan fingerprint density at radius 1 is 0.840 bits per heavy atom. The third kappa shape index (κ3) is 4.19. The highest BCUT2D eigenvalue weighted by molar-refractivity contribution is 7.80. The van der Waals surface area contributed by atoms with Gasteiger partial charge in [0.15, 0.2) is 5.11 Å². The second-order valence-corrected chi connectivity index (χ2v) is 5.70. The van der Waals surface area contributed by atoms with Gasteiger partial charge in [-0.15, -0.1) is 0 Å². The van der Waals surface area contributed by atoms with Gasteiger partial charge in [-0.2, -0.15) is 0 Å². The standard InChI is InChI=1S/C19H15N3O2S/c23-22(24)16-12-10-15(11-13-16)20-19(25)21-18-9-5-4-8-17(18)14-6-2-1-3-7-14/h1-13H,(H2,20,21,25). The molecule has 0 saturated carbocycles. The zero-order valence-electron chi connectivity index (χ0n) is 13.2. The summed E-state index contributed by atoms with van der Waals surface area (Å²) in [5.41, 5.74) is 3.73. The molecule has 0 aliphatic carbocycles. The highest BCUT2D eigenvalue weighted by Gasteiger charge is 2.07. The molecule has 2 N–H and O–H groups in total. The summed E-state index contributed by atoms with van der Waals surface area (Å²) in [7, 11) is 0. The number of nitrogens with one attached hydrogen (secondary N) is 2. The van der Waals surface area contributed by atoms with Crippen molar-refractivity contribution in [3.8, 4) is 11.1 Å². The highest BCUT2D eigenvalue weighted by atomic mass is 32.1. The molecule has 0 bridgehead atoms. The van der Waals surface area contributed by atoms with Gasteiger partial charge < -0.3 is 10.6 Å². The number of nitrogens with zero attached hydrogens (tertiary/aromatic N) is 1. The molecule has 0 aliphatic heterocycles. The Balaban J connectivity index is 1.74. The molecule has 0 fully saturated rings. The molecule has 6 heteroatoms. The van der Waals surface area contributed by atoms with Crippen molar-refractivity contribution in [1.82, 2.24) is 0 Å². The maximum atomic E-state index is 10.7. The minimum absolute atomic E-state index is 0.0406. The number of nitro benzene ring substituents is 1. The lowest BCUT2D eigenvalue weighted by Crippen LogP contribution is -2.19. The number of benzene rings is 3. The first kappa shape index (κ1) is 16.6. The number of anilines is 2. The molecule has 0 unspecified atom stereocenters. The average Bonchev–Trinajstić information content (AvgIpc) is 2.63. The molecule has 3 aromatic rings. The topological polar surface area (TPSA) is 67.2 Å². The molecule has 0 spiro atoms. The van der Waals surface area contributed by atoms with E-state index in [9.17, 15) is 10.1 Å². The van der Waals surface area contributed by atoms with Crippen molar-refractivity contribution in [2.24, 2.45) is 0 Å². The highest BCUT2D eigenvalue weighted by Crippen LogP contribution is 2.27. The van der Waals surface area contributed by atoms with E-state index in [0.29, 0.717) is 10.8 Å². The molecular formula is C19H15N3O2S. The molecule has 0 aromatic heterocycles. The largest absolute Gasteiger partial charge is 0.332 e. The molecule has 25 heavy (non-hydrogen) atoms. The number of para-hydroxylation sites is 1. The van der Waals surface area contributed by atoms with Gasteiger partial charge in [0.05, 0.1) is 4.92 Å². The van der Waals surface area contributed by atoms with E-state index in [0.717, 1.165) is 16.8 Å². The number of thiocarbonyl (C=S) groups is 1.